The molecule has 4 aromatic rings. The molecule has 0 N–H and O–H groups in total. The third-order valence-corrected chi connectivity index (χ3v) is 6.19. The smallest absolute Gasteiger partial charge is 0.165 e. The van der Waals surface area contributed by atoms with Crippen molar-refractivity contribution in [3.8, 4) is 16.9 Å². The highest BCUT2D eigenvalue weighted by molar-refractivity contribution is 6.30. The van der Waals surface area contributed by atoms with Crippen LogP contribution in [0.4, 0.5) is 0 Å². The number of nitrogens with zero attached hydrogens (tertiary/aromatic N) is 4. The van der Waals surface area contributed by atoms with Gasteiger partial charge in [-0.3, -0.25) is 4.90 Å². The van der Waals surface area contributed by atoms with Crippen molar-refractivity contribution < 1.29 is 0 Å². The van der Waals surface area contributed by atoms with Crippen molar-refractivity contribution in [1.29, 1.82) is 0 Å². The number of benzene rings is 2. The first-order valence-electron chi connectivity index (χ1n) is 10.6. The summed E-state index contributed by atoms with van der Waals surface area (Å²) in [6, 6.07) is 22.6. The minimum absolute atomic E-state index is 0.567. The molecule has 0 saturated carbocycles. The Bertz CT molecular complexity index is 1150. The monoisotopic (exact) mass is 416 g/mol. The fourth-order valence-electron chi connectivity index (χ4n) is 4.40. The third-order valence-electron chi connectivity index (χ3n) is 5.87. The molecule has 0 bridgehead atoms. The van der Waals surface area contributed by atoms with Gasteiger partial charge in [0.2, 0.25) is 0 Å². The molecule has 1 atom stereocenters. The van der Waals surface area contributed by atoms with Gasteiger partial charge in [-0.2, -0.15) is 5.10 Å². The molecule has 4 nitrogen and oxygen atoms in total. The molecular formula is C25H25ClN4. The Kier molecular flexibility index (Phi) is 5.28. The molecule has 0 radical (unpaired) electrons. The maximum atomic E-state index is 6.69. The van der Waals surface area contributed by atoms with Crippen LogP contribution < -0.4 is 0 Å². The Balaban J connectivity index is 1.64. The predicted octanol–water partition coefficient (Wildman–Crippen LogP) is 5.97. The largest absolute Gasteiger partial charge is 0.299 e. The van der Waals surface area contributed by atoms with Crippen molar-refractivity contribution in [2.24, 2.45) is 5.92 Å². The zero-order valence-corrected chi connectivity index (χ0v) is 17.9. The molecule has 30 heavy (non-hydrogen) atoms. The van der Waals surface area contributed by atoms with Crippen LogP contribution in [0.3, 0.4) is 0 Å². The standard InChI is InChI=1S/C25H25ClN4/c1-18-9-8-14-29(16-18)17-20-15-22-23(19-10-4-2-5-11-19)28-30(25(22)27-24(20)26)21-12-6-3-7-13-21/h2-7,10-13,15,18H,8-9,14,16-17H2,1H3. The van der Waals surface area contributed by atoms with E-state index in [4.69, 9.17) is 21.7 Å². The molecular weight excluding hydrogens is 392 g/mol. The SMILES string of the molecule is CC1CCCN(Cc2cc3c(-c4ccccc4)nn(-c4ccccc4)c3nc2Cl)C1. The Hall–Kier alpha value is -2.69. The average molecular weight is 417 g/mol. The van der Waals surface area contributed by atoms with E-state index in [2.05, 4.69) is 30.0 Å². The van der Waals surface area contributed by atoms with E-state index >= 15 is 0 Å². The summed E-state index contributed by atoms with van der Waals surface area (Å²) in [5.41, 5.74) is 4.86. The van der Waals surface area contributed by atoms with Crippen molar-refractivity contribution in [3.63, 3.8) is 0 Å². The summed E-state index contributed by atoms with van der Waals surface area (Å²) >= 11 is 6.69. The Labute approximate surface area is 182 Å². The van der Waals surface area contributed by atoms with Gasteiger partial charge in [-0.15, -0.1) is 0 Å². The second-order valence-corrected chi connectivity index (χ2v) is 8.61. The van der Waals surface area contributed by atoms with Crippen LogP contribution in [0.1, 0.15) is 25.3 Å². The number of rotatable bonds is 4. The molecule has 3 heterocycles. The van der Waals surface area contributed by atoms with Crippen molar-refractivity contribution >= 4 is 22.6 Å². The normalized spacial score (nSPS) is 17.5. The summed E-state index contributed by atoms with van der Waals surface area (Å²) in [4.78, 5) is 7.31. The van der Waals surface area contributed by atoms with Gasteiger partial charge in [0.15, 0.2) is 5.65 Å². The number of pyridine rings is 1. The summed E-state index contributed by atoms with van der Waals surface area (Å²) in [6.07, 6.45) is 2.55. The number of aromatic nitrogens is 3. The first-order chi connectivity index (χ1) is 14.7. The maximum absolute atomic E-state index is 6.69. The van der Waals surface area contributed by atoms with Crippen LogP contribution in [0.2, 0.25) is 5.15 Å². The number of halogens is 1. The summed E-state index contributed by atoms with van der Waals surface area (Å²) in [7, 11) is 0. The van der Waals surface area contributed by atoms with Crippen LogP contribution >= 0.6 is 11.6 Å². The van der Waals surface area contributed by atoms with Gasteiger partial charge in [-0.05, 0) is 43.5 Å². The molecule has 0 amide bonds. The first-order valence-corrected chi connectivity index (χ1v) is 11.0. The van der Waals surface area contributed by atoms with Crippen molar-refractivity contribution in [2.45, 2.75) is 26.3 Å². The number of hydrogen-bond acceptors (Lipinski definition) is 3. The third kappa shape index (κ3) is 3.73. The molecule has 5 heteroatoms. The quantitative estimate of drug-likeness (QED) is 0.384. The van der Waals surface area contributed by atoms with Crippen LogP contribution in [0.5, 0.6) is 0 Å². The summed E-state index contributed by atoms with van der Waals surface area (Å²) in [6.45, 7) is 5.39. The van der Waals surface area contributed by atoms with Crippen LogP contribution in [0.15, 0.2) is 66.7 Å². The summed E-state index contributed by atoms with van der Waals surface area (Å²) in [5, 5.41) is 6.56. The molecule has 0 spiro atoms. The molecule has 2 aromatic carbocycles. The van der Waals surface area contributed by atoms with E-state index in [-0.39, 0.29) is 0 Å². The van der Waals surface area contributed by atoms with Crippen LogP contribution in [-0.2, 0) is 6.54 Å². The molecule has 152 valence electrons. The zero-order chi connectivity index (χ0) is 20.5. The second-order valence-electron chi connectivity index (χ2n) is 8.25. The van der Waals surface area contributed by atoms with Crippen molar-refractivity contribution in [1.82, 2.24) is 19.7 Å². The van der Waals surface area contributed by atoms with E-state index in [1.807, 2.05) is 53.2 Å². The molecule has 1 aliphatic rings. The predicted molar refractivity (Wildman–Crippen MR) is 123 cm³/mol. The van der Waals surface area contributed by atoms with Crippen LogP contribution in [0.25, 0.3) is 28.0 Å². The molecule has 1 saturated heterocycles. The lowest BCUT2D eigenvalue weighted by molar-refractivity contribution is 0.176. The average Bonchev–Trinajstić information content (AvgIpc) is 3.13. The molecule has 5 rings (SSSR count). The van der Waals surface area contributed by atoms with E-state index in [1.54, 1.807) is 0 Å². The summed E-state index contributed by atoms with van der Waals surface area (Å²) in [5.74, 6) is 0.731. The van der Waals surface area contributed by atoms with Gasteiger partial charge in [0.1, 0.15) is 10.8 Å². The lowest BCUT2D eigenvalue weighted by atomic mass is 10.00. The van der Waals surface area contributed by atoms with Gasteiger partial charge >= 0.3 is 0 Å². The van der Waals surface area contributed by atoms with Gasteiger partial charge in [0, 0.05) is 29.6 Å². The Morgan fingerprint density at radius 2 is 1.77 bits per heavy atom. The highest BCUT2D eigenvalue weighted by Gasteiger charge is 2.21. The number of hydrogen-bond donors (Lipinski definition) is 0. The number of piperidine rings is 1. The molecule has 0 aliphatic carbocycles. The highest BCUT2D eigenvalue weighted by atomic mass is 35.5. The second kappa shape index (κ2) is 8.21. The van der Waals surface area contributed by atoms with E-state index in [0.717, 1.165) is 59.1 Å². The van der Waals surface area contributed by atoms with E-state index in [9.17, 15) is 0 Å². The Morgan fingerprint density at radius 3 is 2.50 bits per heavy atom. The van der Waals surface area contributed by atoms with Crippen molar-refractivity contribution in [3.05, 3.63) is 77.4 Å². The van der Waals surface area contributed by atoms with Gasteiger partial charge in [0.05, 0.1) is 5.69 Å². The fraction of sp³-hybridized carbons (Fsp3) is 0.280. The van der Waals surface area contributed by atoms with Crippen LogP contribution in [-0.4, -0.2) is 32.8 Å². The van der Waals surface area contributed by atoms with Gasteiger partial charge < -0.3 is 0 Å². The Morgan fingerprint density at radius 1 is 1.03 bits per heavy atom. The zero-order valence-electron chi connectivity index (χ0n) is 17.1. The minimum atomic E-state index is 0.567. The van der Waals surface area contributed by atoms with E-state index in [0.29, 0.717) is 5.15 Å². The van der Waals surface area contributed by atoms with Crippen molar-refractivity contribution in [2.75, 3.05) is 13.1 Å². The van der Waals surface area contributed by atoms with Gasteiger partial charge in [-0.1, -0.05) is 67.1 Å². The number of para-hydroxylation sites is 1. The van der Waals surface area contributed by atoms with E-state index in [1.165, 1.54) is 12.8 Å². The highest BCUT2D eigenvalue weighted by Crippen LogP contribution is 2.32. The van der Waals surface area contributed by atoms with E-state index < -0.39 is 0 Å². The van der Waals surface area contributed by atoms with Gasteiger partial charge in [0.25, 0.3) is 0 Å². The minimum Gasteiger partial charge on any atom is -0.299 e. The topological polar surface area (TPSA) is 34.0 Å². The lowest BCUT2D eigenvalue weighted by Gasteiger charge is -2.30. The molecule has 1 aliphatic heterocycles. The lowest BCUT2D eigenvalue weighted by Crippen LogP contribution is -2.33. The van der Waals surface area contributed by atoms with Crippen LogP contribution in [0, 0.1) is 5.92 Å². The maximum Gasteiger partial charge on any atom is 0.165 e. The molecule has 1 fully saturated rings. The first kappa shape index (κ1) is 19.3. The summed E-state index contributed by atoms with van der Waals surface area (Å²) < 4.78 is 1.90. The number of likely N-dealkylation sites (tertiary alicyclic amines) is 1. The molecule has 1 unspecified atom stereocenters. The molecule has 2 aromatic heterocycles. The number of fused-ring (bicyclic) bond motifs is 1. The van der Waals surface area contributed by atoms with Gasteiger partial charge in [-0.25, -0.2) is 9.67 Å². The fourth-order valence-corrected chi connectivity index (χ4v) is 4.60.